The summed E-state index contributed by atoms with van der Waals surface area (Å²) < 4.78 is 10.6. The Hall–Kier alpha value is -3.07. The predicted molar refractivity (Wildman–Crippen MR) is 104 cm³/mol. The number of urea groups is 1. The molecule has 1 aliphatic heterocycles. The molecule has 0 aliphatic carbocycles. The number of hydrogen-bond acceptors (Lipinski definition) is 7. The third kappa shape index (κ3) is 5.45. The minimum Gasteiger partial charge on any atom is -0.495 e. The number of ether oxygens (including phenoxy) is 2. The lowest BCUT2D eigenvalue weighted by Crippen LogP contribution is -2.36. The third-order valence-electron chi connectivity index (χ3n) is 4.09. The maximum Gasteiger partial charge on any atom is 0.319 e. The fourth-order valence-corrected chi connectivity index (χ4v) is 2.72. The summed E-state index contributed by atoms with van der Waals surface area (Å²) in [4.78, 5) is 14.2. The topological polar surface area (TPSA) is 101 Å². The normalized spacial score (nSPS) is 13.7. The van der Waals surface area contributed by atoms with Crippen LogP contribution >= 0.6 is 0 Å². The average molecular weight is 372 g/mol. The Labute approximate surface area is 158 Å². The molecule has 2 heterocycles. The second-order valence-corrected chi connectivity index (χ2v) is 5.91. The average Bonchev–Trinajstić information content (AvgIpc) is 2.72. The Balaban J connectivity index is 1.42. The van der Waals surface area contributed by atoms with Gasteiger partial charge in [0.05, 0.1) is 37.9 Å². The van der Waals surface area contributed by atoms with Gasteiger partial charge in [-0.2, -0.15) is 5.10 Å². The van der Waals surface area contributed by atoms with Crippen molar-refractivity contribution in [1.29, 1.82) is 0 Å². The third-order valence-corrected chi connectivity index (χ3v) is 4.09. The summed E-state index contributed by atoms with van der Waals surface area (Å²) in [5.41, 5.74) is 1.63. The quantitative estimate of drug-likeness (QED) is 0.634. The Morgan fingerprint density at radius 2 is 2.07 bits per heavy atom. The first-order valence-electron chi connectivity index (χ1n) is 8.83. The lowest BCUT2D eigenvalue weighted by molar-refractivity contribution is 0.122. The van der Waals surface area contributed by atoms with Gasteiger partial charge in [-0.15, -0.1) is 5.10 Å². The number of carbonyl (C=O) groups is 1. The van der Waals surface area contributed by atoms with Crippen molar-refractivity contribution in [3.05, 3.63) is 36.5 Å². The first-order valence-corrected chi connectivity index (χ1v) is 8.83. The predicted octanol–water partition coefficient (Wildman–Crippen LogP) is 1.56. The summed E-state index contributed by atoms with van der Waals surface area (Å²) in [5.74, 6) is 1.28. The molecule has 0 spiro atoms. The molecule has 0 bridgehead atoms. The molecule has 3 rings (SSSR count). The molecule has 0 saturated carbocycles. The van der Waals surface area contributed by atoms with Crippen LogP contribution in [0.5, 0.6) is 5.75 Å². The van der Waals surface area contributed by atoms with Crippen molar-refractivity contribution in [3.8, 4) is 5.75 Å². The number of nitrogens with zero attached hydrogens (tertiary/aromatic N) is 3. The molecule has 27 heavy (non-hydrogen) atoms. The molecule has 2 aromatic rings. The van der Waals surface area contributed by atoms with E-state index in [1.807, 2.05) is 18.2 Å². The Bertz CT molecular complexity index is 751. The van der Waals surface area contributed by atoms with E-state index in [2.05, 4.69) is 31.0 Å². The van der Waals surface area contributed by atoms with E-state index in [9.17, 15) is 4.79 Å². The van der Waals surface area contributed by atoms with Crippen molar-refractivity contribution < 1.29 is 14.3 Å². The minimum absolute atomic E-state index is 0.297. The van der Waals surface area contributed by atoms with Crippen LogP contribution < -0.4 is 25.6 Å². The summed E-state index contributed by atoms with van der Waals surface area (Å²) in [6.45, 7) is 4.09. The molecule has 2 amide bonds. The minimum atomic E-state index is -0.297. The Morgan fingerprint density at radius 1 is 1.26 bits per heavy atom. The summed E-state index contributed by atoms with van der Waals surface area (Å²) in [6, 6.07) is 8.90. The highest BCUT2D eigenvalue weighted by Gasteiger charge is 2.12. The summed E-state index contributed by atoms with van der Waals surface area (Å²) in [7, 11) is 1.56. The van der Waals surface area contributed by atoms with E-state index in [0.717, 1.165) is 32.0 Å². The van der Waals surface area contributed by atoms with Crippen molar-refractivity contribution >= 4 is 23.2 Å². The molecule has 0 unspecified atom stereocenters. The molecule has 9 nitrogen and oxygen atoms in total. The van der Waals surface area contributed by atoms with Crippen molar-refractivity contribution in [3.63, 3.8) is 0 Å². The zero-order chi connectivity index (χ0) is 18.9. The molecular weight excluding hydrogens is 348 g/mol. The molecule has 3 N–H and O–H groups in total. The molecule has 1 fully saturated rings. The van der Waals surface area contributed by atoms with Crippen LogP contribution in [0.2, 0.25) is 0 Å². The Kier molecular flexibility index (Phi) is 6.64. The number of para-hydroxylation sites is 2. The number of rotatable bonds is 7. The van der Waals surface area contributed by atoms with Gasteiger partial charge in [-0.3, -0.25) is 0 Å². The zero-order valence-electron chi connectivity index (χ0n) is 15.3. The second-order valence-electron chi connectivity index (χ2n) is 5.91. The van der Waals surface area contributed by atoms with Crippen molar-refractivity contribution in [2.45, 2.75) is 0 Å². The van der Waals surface area contributed by atoms with E-state index in [1.54, 1.807) is 25.4 Å². The van der Waals surface area contributed by atoms with E-state index in [0.29, 0.717) is 30.3 Å². The molecule has 144 valence electrons. The molecule has 0 radical (unpaired) electrons. The smallest absolute Gasteiger partial charge is 0.319 e. The molecular formula is C18H24N6O3. The van der Waals surface area contributed by atoms with Gasteiger partial charge in [-0.05, 0) is 12.1 Å². The van der Waals surface area contributed by atoms with Crippen molar-refractivity contribution in [2.24, 2.45) is 0 Å². The summed E-state index contributed by atoms with van der Waals surface area (Å²) in [6.07, 6.45) is 1.75. The van der Waals surface area contributed by atoms with E-state index in [-0.39, 0.29) is 6.03 Å². The number of nitrogens with one attached hydrogen (secondary N) is 3. The van der Waals surface area contributed by atoms with Crippen LogP contribution in [0.15, 0.2) is 36.5 Å². The monoisotopic (exact) mass is 372 g/mol. The fraction of sp³-hybridized carbons (Fsp3) is 0.389. The highest BCUT2D eigenvalue weighted by atomic mass is 16.5. The highest BCUT2D eigenvalue weighted by Crippen LogP contribution is 2.22. The molecule has 9 heteroatoms. The summed E-state index contributed by atoms with van der Waals surface area (Å²) in [5, 5.41) is 16.8. The molecule has 0 atom stereocenters. The van der Waals surface area contributed by atoms with Gasteiger partial charge >= 0.3 is 6.03 Å². The first-order chi connectivity index (χ1) is 13.3. The standard InChI is InChI=1S/C18H24N6O3/c1-26-16-5-3-2-4-15(16)22-18(25)20-7-6-19-17-12-14(13-21-23-17)24-8-10-27-11-9-24/h2-5,12-13H,6-11H2,1H3,(H,19,23)(H2,20,22,25). The maximum absolute atomic E-state index is 12.0. The van der Waals surface area contributed by atoms with Crippen LogP contribution in [0.1, 0.15) is 0 Å². The second kappa shape index (κ2) is 9.58. The number of aromatic nitrogens is 2. The lowest BCUT2D eigenvalue weighted by atomic mass is 10.3. The SMILES string of the molecule is COc1ccccc1NC(=O)NCCNc1cc(N2CCOCC2)cnn1. The van der Waals surface area contributed by atoms with E-state index in [4.69, 9.17) is 9.47 Å². The Morgan fingerprint density at radius 3 is 2.89 bits per heavy atom. The van der Waals surface area contributed by atoms with Gasteiger partial charge < -0.3 is 30.3 Å². The van der Waals surface area contributed by atoms with Crippen LogP contribution in [0.4, 0.5) is 22.0 Å². The van der Waals surface area contributed by atoms with Gasteiger partial charge in [0.15, 0.2) is 5.82 Å². The molecule has 1 aliphatic rings. The van der Waals surface area contributed by atoms with E-state index in [1.165, 1.54) is 0 Å². The number of anilines is 3. The lowest BCUT2D eigenvalue weighted by Gasteiger charge is -2.28. The summed E-state index contributed by atoms with van der Waals surface area (Å²) >= 11 is 0. The van der Waals surface area contributed by atoms with Crippen molar-refractivity contribution in [1.82, 2.24) is 15.5 Å². The van der Waals surface area contributed by atoms with Crippen molar-refractivity contribution in [2.75, 3.05) is 62.0 Å². The zero-order valence-corrected chi connectivity index (χ0v) is 15.3. The number of carbonyl (C=O) groups excluding carboxylic acids is 1. The number of methoxy groups -OCH3 is 1. The van der Waals surface area contributed by atoms with E-state index < -0.39 is 0 Å². The first kappa shape index (κ1) is 18.7. The molecule has 1 aromatic carbocycles. The van der Waals surface area contributed by atoms with Gasteiger partial charge in [0.1, 0.15) is 5.75 Å². The van der Waals surface area contributed by atoms with Gasteiger partial charge in [-0.25, -0.2) is 4.79 Å². The highest BCUT2D eigenvalue weighted by molar-refractivity contribution is 5.90. The van der Waals surface area contributed by atoms with Crippen LogP contribution in [0.25, 0.3) is 0 Å². The van der Waals surface area contributed by atoms with Crippen LogP contribution in [0.3, 0.4) is 0 Å². The molecule has 1 saturated heterocycles. The van der Waals surface area contributed by atoms with Gasteiger partial charge in [0.2, 0.25) is 0 Å². The van der Waals surface area contributed by atoms with Crippen LogP contribution in [0, 0.1) is 0 Å². The number of amides is 2. The number of morpholine rings is 1. The largest absolute Gasteiger partial charge is 0.495 e. The number of hydrogen-bond donors (Lipinski definition) is 3. The number of benzene rings is 1. The van der Waals surface area contributed by atoms with E-state index >= 15 is 0 Å². The maximum atomic E-state index is 12.0. The van der Waals surface area contributed by atoms with Crippen LogP contribution in [-0.2, 0) is 4.74 Å². The fourth-order valence-electron chi connectivity index (χ4n) is 2.72. The molecule has 1 aromatic heterocycles. The van der Waals surface area contributed by atoms with Gasteiger partial charge in [-0.1, -0.05) is 12.1 Å². The van der Waals surface area contributed by atoms with Gasteiger partial charge in [0, 0.05) is 32.2 Å². The van der Waals surface area contributed by atoms with Gasteiger partial charge in [0.25, 0.3) is 0 Å². The van der Waals surface area contributed by atoms with Crippen LogP contribution in [-0.4, -0.2) is 62.7 Å².